The first kappa shape index (κ1) is 12.7. The fourth-order valence-corrected chi connectivity index (χ4v) is 2.43. The predicted octanol–water partition coefficient (Wildman–Crippen LogP) is 4.63. The van der Waals surface area contributed by atoms with E-state index in [2.05, 4.69) is 44.2 Å². The van der Waals surface area contributed by atoms with Crippen molar-refractivity contribution >= 4 is 0 Å². The van der Waals surface area contributed by atoms with Crippen LogP contribution in [0.5, 0.6) is 5.75 Å². The summed E-state index contributed by atoms with van der Waals surface area (Å²) in [6, 6.07) is 16.3. The van der Waals surface area contributed by atoms with Crippen molar-refractivity contribution in [3.8, 4) is 5.75 Å². The first-order chi connectivity index (χ1) is 8.72. The first-order valence-electron chi connectivity index (χ1n) is 6.57. The zero-order chi connectivity index (χ0) is 13.0. The number of hydrogen-bond acceptors (Lipinski definition) is 1. The summed E-state index contributed by atoms with van der Waals surface area (Å²) >= 11 is 0. The van der Waals surface area contributed by atoms with Crippen molar-refractivity contribution in [2.75, 3.05) is 0 Å². The maximum atomic E-state index is 10.1. The Morgan fingerprint density at radius 1 is 1.06 bits per heavy atom. The van der Waals surface area contributed by atoms with E-state index in [0.29, 0.717) is 5.75 Å². The molecule has 0 aliphatic carbocycles. The summed E-state index contributed by atoms with van der Waals surface area (Å²) in [4.78, 5) is 0. The molecule has 1 heteroatoms. The van der Waals surface area contributed by atoms with Gasteiger partial charge in [0.25, 0.3) is 0 Å². The van der Waals surface area contributed by atoms with Gasteiger partial charge in [-0.3, -0.25) is 0 Å². The van der Waals surface area contributed by atoms with Gasteiger partial charge in [0, 0.05) is 11.5 Å². The van der Waals surface area contributed by atoms with Crippen molar-refractivity contribution in [2.45, 2.75) is 32.6 Å². The molecule has 0 saturated heterocycles. The molecule has 1 atom stereocenters. The summed E-state index contributed by atoms with van der Waals surface area (Å²) in [5, 5.41) is 10.1. The molecule has 0 bridgehead atoms. The third-order valence-corrected chi connectivity index (χ3v) is 3.34. The summed E-state index contributed by atoms with van der Waals surface area (Å²) in [6.07, 6.45) is 2.16. The van der Waals surface area contributed by atoms with Crippen molar-refractivity contribution in [3.05, 3.63) is 65.2 Å². The standard InChI is InChI=1S/C17H20O/c1-3-7-15(14-8-5-4-6-9-14)16-12-13(2)10-11-17(16)18/h4-6,8-12,15,18H,3,7H2,1-2H3/t15-/m1/s1. The Morgan fingerprint density at radius 3 is 2.44 bits per heavy atom. The lowest BCUT2D eigenvalue weighted by Gasteiger charge is -2.19. The molecule has 0 amide bonds. The van der Waals surface area contributed by atoms with Gasteiger partial charge in [-0.1, -0.05) is 61.4 Å². The van der Waals surface area contributed by atoms with Crippen LogP contribution in [-0.2, 0) is 0 Å². The monoisotopic (exact) mass is 240 g/mol. The zero-order valence-electron chi connectivity index (χ0n) is 11.1. The van der Waals surface area contributed by atoms with Gasteiger partial charge in [0.1, 0.15) is 5.75 Å². The van der Waals surface area contributed by atoms with Crippen LogP contribution in [0.2, 0.25) is 0 Å². The Balaban J connectivity index is 2.44. The number of aryl methyl sites for hydroxylation is 1. The van der Waals surface area contributed by atoms with E-state index in [1.165, 1.54) is 11.1 Å². The lowest BCUT2D eigenvalue weighted by Crippen LogP contribution is -2.01. The molecule has 0 spiro atoms. The lowest BCUT2D eigenvalue weighted by molar-refractivity contribution is 0.462. The van der Waals surface area contributed by atoms with Gasteiger partial charge in [0.15, 0.2) is 0 Å². The van der Waals surface area contributed by atoms with Gasteiger partial charge in [0.05, 0.1) is 0 Å². The number of aromatic hydroxyl groups is 1. The van der Waals surface area contributed by atoms with Crippen LogP contribution in [0.4, 0.5) is 0 Å². The fraction of sp³-hybridized carbons (Fsp3) is 0.294. The minimum Gasteiger partial charge on any atom is -0.508 e. The van der Waals surface area contributed by atoms with Crippen molar-refractivity contribution in [1.82, 2.24) is 0 Å². The van der Waals surface area contributed by atoms with Gasteiger partial charge >= 0.3 is 0 Å². The Hall–Kier alpha value is -1.76. The van der Waals surface area contributed by atoms with Gasteiger partial charge in [0.2, 0.25) is 0 Å². The Labute approximate surface area is 109 Å². The van der Waals surface area contributed by atoms with Gasteiger partial charge in [-0.15, -0.1) is 0 Å². The highest BCUT2D eigenvalue weighted by Gasteiger charge is 2.16. The van der Waals surface area contributed by atoms with Crippen molar-refractivity contribution in [3.63, 3.8) is 0 Å². The topological polar surface area (TPSA) is 20.2 Å². The van der Waals surface area contributed by atoms with E-state index in [-0.39, 0.29) is 5.92 Å². The molecule has 0 unspecified atom stereocenters. The van der Waals surface area contributed by atoms with E-state index in [1.807, 2.05) is 12.1 Å². The summed E-state index contributed by atoms with van der Waals surface area (Å²) in [5.41, 5.74) is 3.52. The molecule has 2 aromatic carbocycles. The average Bonchev–Trinajstić information content (AvgIpc) is 2.40. The summed E-state index contributed by atoms with van der Waals surface area (Å²) in [5.74, 6) is 0.694. The summed E-state index contributed by atoms with van der Waals surface area (Å²) in [6.45, 7) is 4.25. The van der Waals surface area contributed by atoms with Crippen LogP contribution < -0.4 is 0 Å². The molecular weight excluding hydrogens is 220 g/mol. The molecule has 0 saturated carbocycles. The van der Waals surface area contributed by atoms with Crippen molar-refractivity contribution in [2.24, 2.45) is 0 Å². The number of rotatable bonds is 4. The highest BCUT2D eigenvalue weighted by Crippen LogP contribution is 2.35. The fourth-order valence-electron chi connectivity index (χ4n) is 2.43. The molecule has 0 radical (unpaired) electrons. The van der Waals surface area contributed by atoms with Crippen LogP contribution in [0.15, 0.2) is 48.5 Å². The second-order valence-corrected chi connectivity index (χ2v) is 4.81. The second kappa shape index (κ2) is 5.72. The molecule has 1 nitrogen and oxygen atoms in total. The number of phenolic OH excluding ortho intramolecular Hbond substituents is 1. The van der Waals surface area contributed by atoms with Crippen LogP contribution in [0.3, 0.4) is 0 Å². The van der Waals surface area contributed by atoms with Gasteiger partial charge < -0.3 is 5.11 Å². The Bertz CT molecular complexity index is 502. The quantitative estimate of drug-likeness (QED) is 0.826. The summed E-state index contributed by atoms with van der Waals surface area (Å²) < 4.78 is 0. The van der Waals surface area contributed by atoms with Crippen LogP contribution in [0.1, 0.15) is 42.4 Å². The Kier molecular flexibility index (Phi) is 4.03. The normalized spacial score (nSPS) is 12.3. The third-order valence-electron chi connectivity index (χ3n) is 3.34. The molecule has 0 aliphatic rings. The molecular formula is C17H20O. The zero-order valence-corrected chi connectivity index (χ0v) is 11.1. The van der Waals surface area contributed by atoms with Crippen molar-refractivity contribution < 1.29 is 5.11 Å². The molecule has 94 valence electrons. The molecule has 0 aromatic heterocycles. The summed E-state index contributed by atoms with van der Waals surface area (Å²) in [7, 11) is 0. The SMILES string of the molecule is CCC[C@H](c1ccccc1)c1cc(C)ccc1O. The maximum Gasteiger partial charge on any atom is 0.119 e. The van der Waals surface area contributed by atoms with E-state index in [0.717, 1.165) is 18.4 Å². The molecule has 0 heterocycles. The number of hydrogen-bond donors (Lipinski definition) is 1. The molecule has 0 fully saturated rings. The second-order valence-electron chi connectivity index (χ2n) is 4.81. The van der Waals surface area contributed by atoms with E-state index < -0.39 is 0 Å². The molecule has 18 heavy (non-hydrogen) atoms. The molecule has 0 aliphatic heterocycles. The molecule has 2 aromatic rings. The molecule has 1 N–H and O–H groups in total. The van der Waals surface area contributed by atoms with Gasteiger partial charge in [-0.05, 0) is 25.0 Å². The van der Waals surface area contributed by atoms with Crippen LogP contribution >= 0.6 is 0 Å². The van der Waals surface area contributed by atoms with Crippen molar-refractivity contribution in [1.29, 1.82) is 0 Å². The van der Waals surface area contributed by atoms with E-state index in [1.54, 1.807) is 6.07 Å². The Morgan fingerprint density at radius 2 is 1.78 bits per heavy atom. The highest BCUT2D eigenvalue weighted by molar-refractivity contribution is 5.43. The number of phenols is 1. The predicted molar refractivity (Wildman–Crippen MR) is 76.0 cm³/mol. The minimum absolute atomic E-state index is 0.288. The van der Waals surface area contributed by atoms with Crippen LogP contribution in [-0.4, -0.2) is 5.11 Å². The minimum atomic E-state index is 0.288. The van der Waals surface area contributed by atoms with E-state index in [4.69, 9.17) is 0 Å². The number of benzene rings is 2. The van der Waals surface area contributed by atoms with Crippen LogP contribution in [0.25, 0.3) is 0 Å². The van der Waals surface area contributed by atoms with E-state index >= 15 is 0 Å². The van der Waals surface area contributed by atoms with Crippen LogP contribution in [0, 0.1) is 6.92 Å². The van der Waals surface area contributed by atoms with Gasteiger partial charge in [-0.2, -0.15) is 0 Å². The third kappa shape index (κ3) is 2.73. The van der Waals surface area contributed by atoms with Gasteiger partial charge in [-0.25, -0.2) is 0 Å². The first-order valence-corrected chi connectivity index (χ1v) is 6.57. The maximum absolute atomic E-state index is 10.1. The van der Waals surface area contributed by atoms with E-state index in [9.17, 15) is 5.11 Å². The lowest BCUT2D eigenvalue weighted by atomic mass is 9.86. The largest absolute Gasteiger partial charge is 0.508 e. The average molecular weight is 240 g/mol. The smallest absolute Gasteiger partial charge is 0.119 e. The highest BCUT2D eigenvalue weighted by atomic mass is 16.3. The molecule has 2 rings (SSSR count).